The predicted octanol–water partition coefficient (Wildman–Crippen LogP) is 18.9. The summed E-state index contributed by atoms with van der Waals surface area (Å²) in [5.41, 5.74) is 0. The molecule has 0 saturated heterocycles. The van der Waals surface area contributed by atoms with Crippen molar-refractivity contribution < 1.29 is 28.6 Å². The molecule has 0 fully saturated rings. The quantitative estimate of drug-likeness (QED) is 0.0262. The zero-order chi connectivity index (χ0) is 46.5. The predicted molar refractivity (Wildman–Crippen MR) is 275 cm³/mol. The summed E-state index contributed by atoms with van der Waals surface area (Å²) < 4.78 is 16.7. The Bertz CT molecular complexity index is 993. The van der Waals surface area contributed by atoms with Gasteiger partial charge in [-0.05, 0) is 38.5 Å². The Morgan fingerprint density at radius 3 is 0.844 bits per heavy atom. The van der Waals surface area contributed by atoms with Gasteiger partial charge in [0.2, 0.25) is 0 Å². The fraction of sp³-hybridized carbons (Fsp3) is 0.914. The molecule has 0 heterocycles. The summed E-state index contributed by atoms with van der Waals surface area (Å²) in [4.78, 5) is 37.7. The molecule has 0 aliphatic carbocycles. The third-order valence-electron chi connectivity index (χ3n) is 13.0. The lowest BCUT2D eigenvalue weighted by molar-refractivity contribution is -0.167. The van der Waals surface area contributed by atoms with E-state index < -0.39 is 6.10 Å². The Hall–Kier alpha value is -1.85. The molecule has 0 aromatic heterocycles. The maximum Gasteiger partial charge on any atom is 0.306 e. The number of esters is 3. The van der Waals surface area contributed by atoms with E-state index >= 15 is 0 Å². The molecule has 0 aromatic carbocycles. The second-order valence-corrected chi connectivity index (χ2v) is 19.6. The van der Waals surface area contributed by atoms with Crippen molar-refractivity contribution in [3.8, 4) is 0 Å². The average molecular weight is 904 g/mol. The van der Waals surface area contributed by atoms with Crippen molar-refractivity contribution in [2.24, 2.45) is 0 Å². The Balaban J connectivity index is 3.86. The van der Waals surface area contributed by atoms with E-state index in [0.29, 0.717) is 19.3 Å². The van der Waals surface area contributed by atoms with Crippen LogP contribution in [0.25, 0.3) is 0 Å². The first kappa shape index (κ1) is 62.1. The van der Waals surface area contributed by atoms with E-state index in [2.05, 4.69) is 32.9 Å². The van der Waals surface area contributed by atoms with E-state index in [4.69, 9.17) is 14.2 Å². The van der Waals surface area contributed by atoms with Crippen LogP contribution in [0.2, 0.25) is 0 Å². The summed E-state index contributed by atoms with van der Waals surface area (Å²) >= 11 is 0. The highest BCUT2D eigenvalue weighted by molar-refractivity contribution is 5.71. The van der Waals surface area contributed by atoms with Crippen LogP contribution in [0.1, 0.15) is 323 Å². The van der Waals surface area contributed by atoms with Crippen LogP contribution in [0.3, 0.4) is 0 Å². The van der Waals surface area contributed by atoms with Gasteiger partial charge in [-0.2, -0.15) is 0 Å². The van der Waals surface area contributed by atoms with Crippen LogP contribution < -0.4 is 0 Å². The van der Waals surface area contributed by atoms with E-state index in [-0.39, 0.29) is 31.1 Å². The lowest BCUT2D eigenvalue weighted by atomic mass is 10.0. The number of carbonyl (C=O) groups is 3. The molecule has 0 N–H and O–H groups in total. The normalized spacial score (nSPS) is 12.0. The van der Waals surface area contributed by atoms with Crippen LogP contribution in [0.15, 0.2) is 12.2 Å². The Morgan fingerprint density at radius 2 is 0.547 bits per heavy atom. The molecule has 1 atom stereocenters. The standard InChI is InChI=1S/C58H110O6/c1-4-7-10-13-16-18-20-21-22-23-24-25-26-27-28-29-30-31-32-33-34-35-36-37-38-39-41-42-45-48-51-57(60)63-54-55(53-62-56(59)50-47-44-15-12-9-6-3)64-58(61)52-49-46-43-40-19-17-14-11-8-5-2/h11,14,55H,4-10,12-13,15-54H2,1-3H3/b14-11-. The van der Waals surface area contributed by atoms with Gasteiger partial charge in [-0.15, -0.1) is 0 Å². The third kappa shape index (κ3) is 51.1. The molecule has 0 saturated carbocycles. The summed E-state index contributed by atoms with van der Waals surface area (Å²) in [6.45, 7) is 6.55. The van der Waals surface area contributed by atoms with Crippen LogP contribution >= 0.6 is 0 Å². The molecule has 0 spiro atoms. The summed E-state index contributed by atoms with van der Waals surface area (Å²) in [5, 5.41) is 0. The minimum Gasteiger partial charge on any atom is -0.462 e. The summed E-state index contributed by atoms with van der Waals surface area (Å²) in [6.07, 6.45) is 61.3. The average Bonchev–Trinajstić information content (AvgIpc) is 3.29. The number of hydrogen-bond donors (Lipinski definition) is 0. The van der Waals surface area contributed by atoms with E-state index in [9.17, 15) is 14.4 Å². The molecule has 0 rings (SSSR count). The van der Waals surface area contributed by atoms with Gasteiger partial charge in [-0.25, -0.2) is 0 Å². The van der Waals surface area contributed by atoms with Gasteiger partial charge in [0.05, 0.1) is 0 Å². The highest BCUT2D eigenvalue weighted by Gasteiger charge is 2.19. The number of rotatable bonds is 53. The molecule has 0 bridgehead atoms. The number of hydrogen-bond acceptors (Lipinski definition) is 6. The van der Waals surface area contributed by atoms with E-state index in [0.717, 1.165) is 70.6 Å². The molecule has 1 unspecified atom stereocenters. The summed E-state index contributed by atoms with van der Waals surface area (Å²) in [7, 11) is 0. The zero-order valence-electron chi connectivity index (χ0n) is 43.3. The van der Waals surface area contributed by atoms with Crippen molar-refractivity contribution in [3.05, 3.63) is 12.2 Å². The van der Waals surface area contributed by atoms with Gasteiger partial charge in [0.25, 0.3) is 0 Å². The molecule has 0 radical (unpaired) electrons. The highest BCUT2D eigenvalue weighted by Crippen LogP contribution is 2.18. The molecular weight excluding hydrogens is 793 g/mol. The van der Waals surface area contributed by atoms with Crippen LogP contribution in [0.5, 0.6) is 0 Å². The number of unbranched alkanes of at least 4 members (excludes halogenated alkanes) is 40. The molecule has 378 valence electrons. The lowest BCUT2D eigenvalue weighted by Crippen LogP contribution is -2.30. The maximum atomic E-state index is 12.7. The van der Waals surface area contributed by atoms with Crippen molar-refractivity contribution in [3.63, 3.8) is 0 Å². The lowest BCUT2D eigenvalue weighted by Gasteiger charge is -2.18. The van der Waals surface area contributed by atoms with Gasteiger partial charge in [0.15, 0.2) is 6.10 Å². The van der Waals surface area contributed by atoms with Crippen molar-refractivity contribution in [1.82, 2.24) is 0 Å². The second kappa shape index (κ2) is 53.8. The van der Waals surface area contributed by atoms with Gasteiger partial charge in [0, 0.05) is 19.3 Å². The number of ether oxygens (including phenoxy) is 3. The van der Waals surface area contributed by atoms with Crippen molar-refractivity contribution in [2.75, 3.05) is 13.2 Å². The molecule has 0 aromatic rings. The minimum atomic E-state index is -0.765. The fourth-order valence-corrected chi connectivity index (χ4v) is 8.68. The van der Waals surface area contributed by atoms with Gasteiger partial charge in [0.1, 0.15) is 13.2 Å². The van der Waals surface area contributed by atoms with E-state index in [1.165, 1.54) is 212 Å². The number of allylic oxidation sites excluding steroid dienone is 2. The molecule has 0 aliphatic heterocycles. The van der Waals surface area contributed by atoms with Crippen LogP contribution in [0, 0.1) is 0 Å². The van der Waals surface area contributed by atoms with Gasteiger partial charge in [-0.1, -0.05) is 277 Å². The molecule has 6 nitrogen and oxygen atoms in total. The van der Waals surface area contributed by atoms with E-state index in [1.807, 2.05) is 0 Å². The SMILES string of the molecule is CCC/C=C\CCCCCCCC(=O)OC(COC(=O)CCCCCCCC)COC(=O)CCCCCCCCCCCCCCCCCCCCCCCCCCCCCCCC. The van der Waals surface area contributed by atoms with Crippen molar-refractivity contribution >= 4 is 17.9 Å². The first-order valence-electron chi connectivity index (χ1n) is 28.7. The second-order valence-electron chi connectivity index (χ2n) is 19.6. The summed E-state index contributed by atoms with van der Waals surface area (Å²) in [5.74, 6) is -0.876. The fourth-order valence-electron chi connectivity index (χ4n) is 8.68. The third-order valence-corrected chi connectivity index (χ3v) is 13.0. The molecule has 6 heteroatoms. The summed E-state index contributed by atoms with van der Waals surface area (Å²) in [6, 6.07) is 0. The first-order chi connectivity index (χ1) is 31.5. The highest BCUT2D eigenvalue weighted by atomic mass is 16.6. The molecular formula is C58H110O6. The maximum absolute atomic E-state index is 12.7. The van der Waals surface area contributed by atoms with Gasteiger partial charge in [-0.3, -0.25) is 14.4 Å². The molecule has 0 amide bonds. The van der Waals surface area contributed by atoms with E-state index in [1.54, 1.807) is 0 Å². The van der Waals surface area contributed by atoms with Crippen LogP contribution in [-0.4, -0.2) is 37.2 Å². The van der Waals surface area contributed by atoms with Crippen LogP contribution in [-0.2, 0) is 28.6 Å². The monoisotopic (exact) mass is 903 g/mol. The van der Waals surface area contributed by atoms with Crippen molar-refractivity contribution in [1.29, 1.82) is 0 Å². The molecule has 64 heavy (non-hydrogen) atoms. The minimum absolute atomic E-state index is 0.0694. The Labute approximate surface area is 399 Å². The first-order valence-corrected chi connectivity index (χ1v) is 28.7. The Morgan fingerprint density at radius 1 is 0.297 bits per heavy atom. The Kier molecular flexibility index (Phi) is 52.2. The molecule has 0 aliphatic rings. The zero-order valence-corrected chi connectivity index (χ0v) is 43.3. The van der Waals surface area contributed by atoms with Gasteiger partial charge >= 0.3 is 17.9 Å². The van der Waals surface area contributed by atoms with Gasteiger partial charge < -0.3 is 14.2 Å². The van der Waals surface area contributed by atoms with Crippen LogP contribution in [0.4, 0.5) is 0 Å². The largest absolute Gasteiger partial charge is 0.462 e. The number of carbonyl (C=O) groups excluding carboxylic acids is 3. The van der Waals surface area contributed by atoms with Crippen molar-refractivity contribution in [2.45, 2.75) is 329 Å². The topological polar surface area (TPSA) is 78.9 Å². The smallest absolute Gasteiger partial charge is 0.306 e.